The summed E-state index contributed by atoms with van der Waals surface area (Å²) in [7, 11) is 0. The van der Waals surface area contributed by atoms with Gasteiger partial charge in [-0.25, -0.2) is 0 Å². The van der Waals surface area contributed by atoms with Crippen molar-refractivity contribution < 1.29 is 19.5 Å². The Morgan fingerprint density at radius 1 is 0.804 bits per heavy atom. The number of amides is 1. The summed E-state index contributed by atoms with van der Waals surface area (Å²) in [5.41, 5.74) is 2.96. The second-order valence-electron chi connectivity index (χ2n) is 15.7. The second kappa shape index (κ2) is 14.5. The predicted molar refractivity (Wildman–Crippen MR) is 182 cm³/mol. The number of carbonyl (C=O) groups is 3. The van der Waals surface area contributed by atoms with E-state index in [2.05, 4.69) is 23.5 Å². The Labute approximate surface area is 276 Å². The van der Waals surface area contributed by atoms with Crippen LogP contribution in [-0.4, -0.2) is 34.2 Å². The number of hydrogen-bond acceptors (Lipinski definition) is 4. The van der Waals surface area contributed by atoms with Gasteiger partial charge in [0.1, 0.15) is 5.78 Å². The third kappa shape index (κ3) is 7.51. The van der Waals surface area contributed by atoms with E-state index in [4.69, 9.17) is 0 Å². The van der Waals surface area contributed by atoms with Crippen molar-refractivity contribution >= 4 is 17.5 Å². The van der Waals surface area contributed by atoms with Crippen molar-refractivity contribution in [1.29, 1.82) is 0 Å². The van der Waals surface area contributed by atoms with Crippen molar-refractivity contribution in [2.45, 2.75) is 128 Å². The molecule has 0 aromatic heterocycles. The van der Waals surface area contributed by atoms with E-state index in [-0.39, 0.29) is 35.9 Å². The van der Waals surface area contributed by atoms with E-state index in [9.17, 15) is 19.5 Å². The highest BCUT2D eigenvalue weighted by Gasteiger charge is 2.44. The summed E-state index contributed by atoms with van der Waals surface area (Å²) in [5.74, 6) is 2.14. The lowest BCUT2D eigenvalue weighted by molar-refractivity contribution is -0.132. The number of nitrogens with one attached hydrogen (secondary N) is 1. The molecule has 0 spiro atoms. The van der Waals surface area contributed by atoms with E-state index >= 15 is 0 Å². The van der Waals surface area contributed by atoms with Crippen molar-refractivity contribution in [2.24, 2.45) is 35.5 Å². The quantitative estimate of drug-likeness (QED) is 0.296. The number of carbonyl (C=O) groups excluding carboxylic acids is 3. The first-order chi connectivity index (χ1) is 22.2. The van der Waals surface area contributed by atoms with Crippen LogP contribution in [0, 0.1) is 42.4 Å². The van der Waals surface area contributed by atoms with Gasteiger partial charge in [0.2, 0.25) is 0 Å². The van der Waals surface area contributed by atoms with Crippen molar-refractivity contribution in [1.82, 2.24) is 5.32 Å². The van der Waals surface area contributed by atoms with Crippen LogP contribution in [0.1, 0.15) is 124 Å². The molecule has 3 atom stereocenters. The van der Waals surface area contributed by atoms with Gasteiger partial charge in [-0.05, 0) is 119 Å². The molecule has 2 aromatic rings. The molecule has 6 rings (SSSR count). The number of Topliss-reactive ketones (excluding diaryl/α,β-unsaturated/α-hetero) is 2. The van der Waals surface area contributed by atoms with Gasteiger partial charge in [0.25, 0.3) is 5.91 Å². The maximum Gasteiger partial charge on any atom is 0.252 e. The van der Waals surface area contributed by atoms with E-state index in [0.29, 0.717) is 23.7 Å². The van der Waals surface area contributed by atoms with Crippen LogP contribution in [0.3, 0.4) is 0 Å². The molecule has 0 bridgehead atoms. The molecular weight excluding hydrogens is 570 g/mol. The van der Waals surface area contributed by atoms with Crippen LogP contribution in [0.15, 0.2) is 48.5 Å². The van der Waals surface area contributed by atoms with Crippen LogP contribution in [0.25, 0.3) is 0 Å². The van der Waals surface area contributed by atoms with Gasteiger partial charge in [-0.2, -0.15) is 0 Å². The first-order valence-electron chi connectivity index (χ1n) is 18.4. The first kappa shape index (κ1) is 33.1. The highest BCUT2D eigenvalue weighted by atomic mass is 16.3. The van der Waals surface area contributed by atoms with Gasteiger partial charge in [0.15, 0.2) is 5.78 Å². The molecule has 46 heavy (non-hydrogen) atoms. The summed E-state index contributed by atoms with van der Waals surface area (Å²) in [5, 5.41) is 14.9. The number of benzene rings is 2. The number of ketones is 2. The predicted octanol–water partition coefficient (Wildman–Crippen LogP) is 7.98. The molecule has 4 aliphatic carbocycles. The lowest BCUT2D eigenvalue weighted by Gasteiger charge is -2.41. The third-order valence-corrected chi connectivity index (χ3v) is 12.6. The summed E-state index contributed by atoms with van der Waals surface area (Å²) in [6, 6.07) is 15.8. The topological polar surface area (TPSA) is 83.5 Å². The molecule has 248 valence electrons. The Bertz CT molecular complexity index is 1360. The van der Waals surface area contributed by atoms with Crippen LogP contribution < -0.4 is 5.32 Å². The minimum absolute atomic E-state index is 0.0627. The third-order valence-electron chi connectivity index (χ3n) is 12.6. The SMILES string of the molecule is Cc1ccc(C(=O)N[C@@](C)(CC(O)C2CCC(C3Cc4ccccc4CC3=O)CC2)C(=O)C2CCC(C3CCCCC3)CC2)cc1. The van der Waals surface area contributed by atoms with Crippen molar-refractivity contribution in [3.8, 4) is 0 Å². The van der Waals surface area contributed by atoms with E-state index in [1.165, 1.54) is 43.2 Å². The van der Waals surface area contributed by atoms with Crippen molar-refractivity contribution in [3.05, 3.63) is 70.8 Å². The number of rotatable bonds is 9. The molecule has 2 unspecified atom stereocenters. The number of aliphatic hydroxyl groups excluding tert-OH is 1. The maximum atomic E-state index is 14.4. The molecule has 4 aliphatic rings. The molecule has 3 saturated carbocycles. The maximum absolute atomic E-state index is 14.4. The number of aryl methyl sites for hydroxylation is 1. The van der Waals surface area contributed by atoms with E-state index in [1.807, 2.05) is 44.2 Å². The van der Waals surface area contributed by atoms with Crippen LogP contribution >= 0.6 is 0 Å². The lowest BCUT2D eigenvalue weighted by atomic mass is 9.66. The fourth-order valence-corrected chi connectivity index (χ4v) is 9.70. The Morgan fingerprint density at radius 2 is 1.41 bits per heavy atom. The average molecular weight is 626 g/mol. The number of hydrogen-bond donors (Lipinski definition) is 2. The zero-order valence-electron chi connectivity index (χ0n) is 28.1. The molecule has 0 radical (unpaired) electrons. The number of aliphatic hydroxyl groups is 1. The Hall–Kier alpha value is -2.79. The van der Waals surface area contributed by atoms with Gasteiger partial charge in [0.05, 0.1) is 11.6 Å². The normalized spacial score (nSPS) is 29.3. The monoisotopic (exact) mass is 625 g/mol. The second-order valence-corrected chi connectivity index (χ2v) is 15.7. The molecule has 1 amide bonds. The van der Waals surface area contributed by atoms with Crippen LogP contribution in [0.5, 0.6) is 0 Å². The molecule has 2 aromatic carbocycles. The van der Waals surface area contributed by atoms with E-state index < -0.39 is 11.6 Å². The van der Waals surface area contributed by atoms with Gasteiger partial charge in [-0.15, -0.1) is 0 Å². The fraction of sp³-hybridized carbons (Fsp3) is 0.634. The summed E-state index contributed by atoms with van der Waals surface area (Å²) in [6.45, 7) is 3.86. The van der Waals surface area contributed by atoms with Gasteiger partial charge in [-0.3, -0.25) is 14.4 Å². The highest BCUT2D eigenvalue weighted by molar-refractivity contribution is 6.00. The van der Waals surface area contributed by atoms with Gasteiger partial charge in [-0.1, -0.05) is 74.1 Å². The largest absolute Gasteiger partial charge is 0.393 e. The van der Waals surface area contributed by atoms with Gasteiger partial charge in [0, 0.05) is 30.2 Å². The van der Waals surface area contributed by atoms with Crippen LogP contribution in [0.4, 0.5) is 0 Å². The molecule has 0 aliphatic heterocycles. The van der Waals surface area contributed by atoms with Gasteiger partial charge >= 0.3 is 0 Å². The Morgan fingerprint density at radius 3 is 2.09 bits per heavy atom. The Kier molecular flexibility index (Phi) is 10.5. The van der Waals surface area contributed by atoms with Crippen molar-refractivity contribution in [2.75, 3.05) is 0 Å². The smallest absolute Gasteiger partial charge is 0.252 e. The summed E-state index contributed by atoms with van der Waals surface area (Å²) in [6.07, 6.45) is 15.1. The fourth-order valence-electron chi connectivity index (χ4n) is 9.70. The summed E-state index contributed by atoms with van der Waals surface area (Å²) < 4.78 is 0. The standard InChI is InChI=1S/C41H55NO4/c1-27-12-14-33(15-13-27)40(46)42-41(2,39(45)32-22-16-29(17-23-32)28-8-4-3-5-9-28)26-38(44)31-20-18-30(19-21-31)36-24-34-10-6-7-11-35(34)25-37(36)43/h6-7,10-15,28-32,36,38,44H,3-5,8-9,16-26H2,1-2H3,(H,42,46)/t29?,30?,31?,32?,36?,38?,41-/m0/s1. The van der Waals surface area contributed by atoms with Crippen LogP contribution in [-0.2, 0) is 22.4 Å². The molecule has 5 nitrogen and oxygen atoms in total. The first-order valence-corrected chi connectivity index (χ1v) is 18.4. The molecule has 5 heteroatoms. The minimum Gasteiger partial charge on any atom is -0.393 e. The zero-order chi connectivity index (χ0) is 32.3. The molecule has 0 heterocycles. The van der Waals surface area contributed by atoms with E-state index in [0.717, 1.165) is 75.2 Å². The Balaban J connectivity index is 1.11. The lowest BCUT2D eigenvalue weighted by Crippen LogP contribution is -2.57. The zero-order valence-corrected chi connectivity index (χ0v) is 28.1. The van der Waals surface area contributed by atoms with Gasteiger partial charge < -0.3 is 10.4 Å². The molecular formula is C41H55NO4. The molecule has 0 saturated heterocycles. The van der Waals surface area contributed by atoms with E-state index in [1.54, 1.807) is 0 Å². The average Bonchev–Trinajstić information content (AvgIpc) is 3.08. The number of fused-ring (bicyclic) bond motifs is 1. The molecule has 2 N–H and O–H groups in total. The minimum atomic E-state index is -1.14. The summed E-state index contributed by atoms with van der Waals surface area (Å²) in [4.78, 5) is 41.0. The van der Waals surface area contributed by atoms with Crippen molar-refractivity contribution in [3.63, 3.8) is 0 Å². The molecule has 3 fully saturated rings. The van der Waals surface area contributed by atoms with Crippen LogP contribution in [0.2, 0.25) is 0 Å². The highest BCUT2D eigenvalue weighted by Crippen LogP contribution is 2.43. The summed E-state index contributed by atoms with van der Waals surface area (Å²) >= 11 is 0.